The minimum atomic E-state index is -4.36. The monoisotopic (exact) mass is 454 g/mol. The van der Waals surface area contributed by atoms with Crippen LogP contribution in [0.1, 0.15) is 32.9 Å². The third-order valence-corrected chi connectivity index (χ3v) is 5.37. The molecule has 0 spiro atoms. The summed E-state index contributed by atoms with van der Waals surface area (Å²) in [4.78, 5) is 21.0. The van der Waals surface area contributed by atoms with Crippen molar-refractivity contribution in [1.29, 1.82) is 0 Å². The molecular weight excluding hydrogens is 437 g/mol. The lowest BCUT2D eigenvalue weighted by molar-refractivity contribution is -0.137. The van der Waals surface area contributed by atoms with Gasteiger partial charge < -0.3 is 4.57 Å². The van der Waals surface area contributed by atoms with Crippen LogP contribution < -0.4 is 5.32 Å². The van der Waals surface area contributed by atoms with Gasteiger partial charge in [0.25, 0.3) is 5.91 Å². The first-order valence-electron chi connectivity index (χ1n) is 9.55. The zero-order valence-electron chi connectivity index (χ0n) is 16.6. The van der Waals surface area contributed by atoms with Gasteiger partial charge in [-0.05, 0) is 53.6 Å². The summed E-state index contributed by atoms with van der Waals surface area (Å²) >= 11 is 1.27. The summed E-state index contributed by atoms with van der Waals surface area (Å²) in [5.74, 6) is -0.281. The van der Waals surface area contributed by atoms with Gasteiger partial charge in [0.05, 0.1) is 11.3 Å². The topological polar surface area (TPSA) is 59.8 Å². The number of halogens is 3. The van der Waals surface area contributed by atoms with Crippen molar-refractivity contribution < 1.29 is 18.0 Å². The molecule has 0 radical (unpaired) electrons. The average molecular weight is 454 g/mol. The van der Waals surface area contributed by atoms with E-state index < -0.39 is 11.7 Å². The number of carbonyl (C=O) groups excluding carboxylic acids is 1. The highest BCUT2D eigenvalue weighted by molar-refractivity contribution is 7.14. The Morgan fingerprint density at radius 1 is 1.06 bits per heavy atom. The Kier molecular flexibility index (Phi) is 6.18. The quantitative estimate of drug-likeness (QED) is 0.399. The maximum atomic E-state index is 12.7. The summed E-state index contributed by atoms with van der Waals surface area (Å²) in [6.07, 6.45) is 4.22. The Hall–Kier alpha value is -3.72. The molecule has 32 heavy (non-hydrogen) atoms. The van der Waals surface area contributed by atoms with Crippen LogP contribution in [-0.2, 0) is 12.7 Å². The summed E-state index contributed by atoms with van der Waals surface area (Å²) in [6.45, 7) is 0.539. The number of benzene rings is 1. The van der Waals surface area contributed by atoms with Gasteiger partial charge in [-0.25, -0.2) is 4.98 Å². The summed E-state index contributed by atoms with van der Waals surface area (Å²) in [6, 6.07) is 12.2. The Bertz CT molecular complexity index is 1230. The first-order valence-corrected chi connectivity index (χ1v) is 10.4. The minimum absolute atomic E-state index is 0.281. The fourth-order valence-electron chi connectivity index (χ4n) is 2.99. The summed E-state index contributed by atoms with van der Waals surface area (Å²) in [5, 5.41) is 4.98. The molecule has 0 unspecified atom stereocenters. The van der Waals surface area contributed by atoms with Gasteiger partial charge in [-0.1, -0.05) is 18.2 Å². The highest BCUT2D eigenvalue weighted by Gasteiger charge is 2.29. The van der Waals surface area contributed by atoms with E-state index in [0.29, 0.717) is 28.6 Å². The fourth-order valence-corrected chi connectivity index (χ4v) is 3.66. The number of hydrogen-bond donors (Lipinski definition) is 1. The number of amides is 1. The van der Waals surface area contributed by atoms with E-state index in [4.69, 9.17) is 0 Å². The van der Waals surface area contributed by atoms with Crippen LogP contribution in [0.4, 0.5) is 18.3 Å². The number of thiazole rings is 1. The maximum Gasteiger partial charge on any atom is 0.416 e. The Labute approximate surface area is 185 Å². The minimum Gasteiger partial charge on any atom is -0.339 e. The van der Waals surface area contributed by atoms with Gasteiger partial charge in [0.1, 0.15) is 5.69 Å². The van der Waals surface area contributed by atoms with Crippen LogP contribution in [0.25, 0.3) is 12.2 Å². The third-order valence-electron chi connectivity index (χ3n) is 4.59. The van der Waals surface area contributed by atoms with E-state index in [1.165, 1.54) is 23.5 Å². The average Bonchev–Trinajstić information content (AvgIpc) is 3.42. The molecular formula is C23H17F3N4OS. The third kappa shape index (κ3) is 5.30. The Morgan fingerprint density at radius 2 is 1.81 bits per heavy atom. The summed E-state index contributed by atoms with van der Waals surface area (Å²) in [5.41, 5.74) is 2.04. The molecule has 0 atom stereocenters. The van der Waals surface area contributed by atoms with Crippen molar-refractivity contribution in [3.63, 3.8) is 0 Å². The second-order valence-electron chi connectivity index (χ2n) is 6.86. The van der Waals surface area contributed by atoms with E-state index in [1.54, 1.807) is 42.1 Å². The molecule has 0 aliphatic carbocycles. The Balaban J connectivity index is 1.40. The van der Waals surface area contributed by atoms with Crippen molar-refractivity contribution in [2.45, 2.75) is 12.7 Å². The molecule has 0 saturated carbocycles. The molecule has 1 N–H and O–H groups in total. The number of rotatable bonds is 6. The molecule has 4 aromatic rings. The van der Waals surface area contributed by atoms with Gasteiger partial charge in [-0.15, -0.1) is 11.3 Å². The Morgan fingerprint density at radius 3 is 2.53 bits per heavy atom. The first kappa shape index (κ1) is 21.5. The molecule has 4 rings (SSSR count). The first-order chi connectivity index (χ1) is 15.4. The number of carbonyl (C=O) groups is 1. The molecule has 3 heterocycles. The number of hydrogen-bond acceptors (Lipinski definition) is 4. The van der Waals surface area contributed by atoms with Crippen LogP contribution in [-0.4, -0.2) is 20.4 Å². The zero-order valence-corrected chi connectivity index (χ0v) is 17.4. The lowest BCUT2D eigenvalue weighted by Gasteiger charge is -2.08. The molecule has 3 aromatic heterocycles. The zero-order chi connectivity index (χ0) is 22.6. The van der Waals surface area contributed by atoms with Crippen molar-refractivity contribution in [3.05, 3.63) is 101 Å². The van der Waals surface area contributed by atoms with Crippen LogP contribution in [0.5, 0.6) is 0 Å². The van der Waals surface area contributed by atoms with Crippen LogP contribution in [0.3, 0.4) is 0 Å². The van der Waals surface area contributed by atoms with Crippen molar-refractivity contribution in [2.24, 2.45) is 0 Å². The van der Waals surface area contributed by atoms with E-state index in [1.807, 2.05) is 22.9 Å². The van der Waals surface area contributed by atoms with Gasteiger partial charge in [-0.2, -0.15) is 13.2 Å². The van der Waals surface area contributed by atoms with Gasteiger partial charge in [-0.3, -0.25) is 15.1 Å². The molecule has 1 amide bonds. The molecule has 9 heteroatoms. The standard InChI is InChI=1S/C23H17F3N4OS/c24-23(25,26)18-6-3-16(4-7-18)5-8-19-15-32-22(28-19)29-21(31)20-2-1-13-30(20)14-17-9-11-27-12-10-17/h1-13,15H,14H2,(H,28,29,31). The molecule has 0 fully saturated rings. The van der Waals surface area contributed by atoms with E-state index >= 15 is 0 Å². The normalized spacial score (nSPS) is 11.7. The molecule has 162 valence electrons. The summed E-state index contributed by atoms with van der Waals surface area (Å²) in [7, 11) is 0. The number of aromatic nitrogens is 3. The maximum absolute atomic E-state index is 12.7. The molecule has 1 aromatic carbocycles. The number of nitrogens with one attached hydrogen (secondary N) is 1. The number of anilines is 1. The summed E-state index contributed by atoms with van der Waals surface area (Å²) < 4.78 is 39.8. The van der Waals surface area contributed by atoms with Crippen LogP contribution in [0.15, 0.2) is 72.5 Å². The number of alkyl halides is 3. The predicted molar refractivity (Wildman–Crippen MR) is 118 cm³/mol. The second-order valence-corrected chi connectivity index (χ2v) is 7.72. The molecule has 0 aliphatic rings. The smallest absolute Gasteiger partial charge is 0.339 e. The van der Waals surface area contributed by atoms with E-state index in [9.17, 15) is 18.0 Å². The molecule has 5 nitrogen and oxygen atoms in total. The van der Waals surface area contributed by atoms with E-state index in [-0.39, 0.29) is 5.91 Å². The molecule has 0 bridgehead atoms. The van der Waals surface area contributed by atoms with E-state index in [2.05, 4.69) is 15.3 Å². The van der Waals surface area contributed by atoms with Crippen molar-refractivity contribution >= 4 is 34.5 Å². The lowest BCUT2D eigenvalue weighted by atomic mass is 10.1. The van der Waals surface area contributed by atoms with Gasteiger partial charge >= 0.3 is 6.18 Å². The van der Waals surface area contributed by atoms with Crippen LogP contribution in [0, 0.1) is 0 Å². The van der Waals surface area contributed by atoms with Gasteiger partial charge in [0.15, 0.2) is 5.13 Å². The van der Waals surface area contributed by atoms with Crippen molar-refractivity contribution in [3.8, 4) is 0 Å². The molecule has 0 saturated heterocycles. The van der Waals surface area contributed by atoms with E-state index in [0.717, 1.165) is 17.7 Å². The van der Waals surface area contributed by atoms with Crippen LogP contribution >= 0.6 is 11.3 Å². The van der Waals surface area contributed by atoms with Gasteiger partial charge in [0, 0.05) is 30.5 Å². The predicted octanol–water partition coefficient (Wildman–Crippen LogP) is 5.83. The fraction of sp³-hybridized carbons (Fsp3) is 0.0870. The highest BCUT2D eigenvalue weighted by atomic mass is 32.1. The van der Waals surface area contributed by atoms with Crippen LogP contribution in [0.2, 0.25) is 0 Å². The second kappa shape index (κ2) is 9.19. The number of pyridine rings is 1. The van der Waals surface area contributed by atoms with Gasteiger partial charge in [0.2, 0.25) is 0 Å². The number of nitrogens with zero attached hydrogens (tertiary/aromatic N) is 3. The lowest BCUT2D eigenvalue weighted by Crippen LogP contribution is -2.17. The molecule has 0 aliphatic heterocycles. The van der Waals surface area contributed by atoms with Crippen molar-refractivity contribution in [1.82, 2.24) is 14.5 Å². The highest BCUT2D eigenvalue weighted by Crippen LogP contribution is 2.29. The van der Waals surface area contributed by atoms with Crippen molar-refractivity contribution in [2.75, 3.05) is 5.32 Å². The SMILES string of the molecule is O=C(Nc1nc(C=Cc2ccc(C(F)(F)F)cc2)cs1)c1cccn1Cc1ccncc1. The largest absolute Gasteiger partial charge is 0.416 e.